The van der Waals surface area contributed by atoms with Gasteiger partial charge in [0.15, 0.2) is 0 Å². The smallest absolute Gasteiger partial charge is 0.202 e. The van der Waals surface area contributed by atoms with Gasteiger partial charge < -0.3 is 9.88 Å². The lowest BCUT2D eigenvalue weighted by Gasteiger charge is -2.02. The van der Waals surface area contributed by atoms with Crippen molar-refractivity contribution in [2.24, 2.45) is 7.05 Å². The number of fused-ring (bicyclic) bond motifs is 1. The second kappa shape index (κ2) is 4.62. The summed E-state index contributed by atoms with van der Waals surface area (Å²) in [6, 6.07) is 6.32. The molecule has 3 aromatic rings. The van der Waals surface area contributed by atoms with E-state index in [0.717, 1.165) is 27.8 Å². The van der Waals surface area contributed by atoms with Crippen molar-refractivity contribution >= 4 is 27.7 Å². The normalized spacial score (nSPS) is 11.1. The maximum absolute atomic E-state index is 4.65. The van der Waals surface area contributed by atoms with Gasteiger partial charge in [0, 0.05) is 18.6 Å². The molecule has 5 nitrogen and oxygen atoms in total. The molecule has 3 rings (SSSR count). The third kappa shape index (κ3) is 2.31. The quantitative estimate of drug-likeness (QED) is 0.797. The highest BCUT2D eigenvalue weighted by Gasteiger charge is 2.08. The van der Waals surface area contributed by atoms with Crippen molar-refractivity contribution in [3.63, 3.8) is 0 Å². The predicted molar refractivity (Wildman–Crippen MR) is 77.4 cm³/mol. The van der Waals surface area contributed by atoms with Gasteiger partial charge in [-0.2, -0.15) is 4.37 Å². The van der Waals surface area contributed by atoms with Gasteiger partial charge in [0.2, 0.25) is 5.13 Å². The zero-order chi connectivity index (χ0) is 13.4. The predicted octanol–water partition coefficient (Wildman–Crippen LogP) is 2.65. The summed E-state index contributed by atoms with van der Waals surface area (Å²) < 4.78 is 6.25. The number of anilines is 1. The summed E-state index contributed by atoms with van der Waals surface area (Å²) in [5, 5.41) is 4.09. The third-order valence-corrected chi connectivity index (χ3v) is 3.82. The van der Waals surface area contributed by atoms with Crippen molar-refractivity contribution in [2.45, 2.75) is 20.4 Å². The van der Waals surface area contributed by atoms with Crippen molar-refractivity contribution in [2.75, 3.05) is 5.32 Å². The van der Waals surface area contributed by atoms with Gasteiger partial charge in [-0.05, 0) is 31.5 Å². The van der Waals surface area contributed by atoms with E-state index in [1.807, 2.05) is 14.0 Å². The van der Waals surface area contributed by atoms with Crippen LogP contribution >= 0.6 is 11.5 Å². The summed E-state index contributed by atoms with van der Waals surface area (Å²) in [6.45, 7) is 4.62. The summed E-state index contributed by atoms with van der Waals surface area (Å²) in [5.74, 6) is 1.79. The highest BCUT2D eigenvalue weighted by atomic mass is 32.1. The van der Waals surface area contributed by atoms with Gasteiger partial charge in [-0.15, -0.1) is 0 Å². The molecular formula is C13H15N5S. The first-order chi connectivity index (χ1) is 9.13. The molecule has 0 amide bonds. The molecule has 0 saturated heterocycles. The molecule has 0 aliphatic rings. The first-order valence-corrected chi connectivity index (χ1v) is 6.87. The Hall–Kier alpha value is -1.95. The van der Waals surface area contributed by atoms with Crippen LogP contribution in [0.5, 0.6) is 0 Å². The lowest BCUT2D eigenvalue weighted by molar-refractivity contribution is 0.833. The minimum Gasteiger partial charge on any atom is -0.353 e. The Morgan fingerprint density at radius 2 is 2.11 bits per heavy atom. The van der Waals surface area contributed by atoms with Crippen molar-refractivity contribution in [1.29, 1.82) is 0 Å². The van der Waals surface area contributed by atoms with E-state index in [-0.39, 0.29) is 0 Å². The van der Waals surface area contributed by atoms with Gasteiger partial charge in [-0.1, -0.05) is 6.07 Å². The van der Waals surface area contributed by atoms with E-state index in [9.17, 15) is 0 Å². The van der Waals surface area contributed by atoms with Crippen LogP contribution in [0.3, 0.4) is 0 Å². The van der Waals surface area contributed by atoms with E-state index in [1.165, 1.54) is 17.1 Å². The van der Waals surface area contributed by atoms with Crippen molar-refractivity contribution in [3.8, 4) is 0 Å². The average Bonchev–Trinajstić information content (AvgIpc) is 2.91. The van der Waals surface area contributed by atoms with Crippen molar-refractivity contribution in [3.05, 3.63) is 35.4 Å². The van der Waals surface area contributed by atoms with E-state index >= 15 is 0 Å². The SMILES string of the molecule is Cc1ccc2c(c1)nc(CNc1nc(C)ns1)n2C. The standard InChI is InChI=1S/C13H15N5S/c1-8-4-5-11-10(6-8)16-12(18(11)3)7-14-13-15-9(2)17-19-13/h4-6H,7H2,1-3H3,(H,14,15,17). The Balaban J connectivity index is 1.86. The lowest BCUT2D eigenvalue weighted by Crippen LogP contribution is -2.05. The van der Waals surface area contributed by atoms with Crippen LogP contribution in [0, 0.1) is 13.8 Å². The van der Waals surface area contributed by atoms with Crippen LogP contribution in [-0.2, 0) is 13.6 Å². The number of hydrogen-bond donors (Lipinski definition) is 1. The summed E-state index contributed by atoms with van der Waals surface area (Å²) in [6.07, 6.45) is 0. The number of aryl methyl sites for hydroxylation is 3. The lowest BCUT2D eigenvalue weighted by atomic mass is 10.2. The Kier molecular flexibility index (Phi) is 2.94. The minimum atomic E-state index is 0.652. The molecule has 98 valence electrons. The largest absolute Gasteiger partial charge is 0.353 e. The van der Waals surface area contributed by atoms with Crippen LogP contribution in [0.2, 0.25) is 0 Å². The van der Waals surface area contributed by atoms with Crippen molar-refractivity contribution < 1.29 is 0 Å². The van der Waals surface area contributed by atoms with E-state index < -0.39 is 0 Å². The van der Waals surface area contributed by atoms with Gasteiger partial charge in [0.05, 0.1) is 17.6 Å². The van der Waals surface area contributed by atoms with Crippen LogP contribution in [0.25, 0.3) is 11.0 Å². The molecule has 0 unspecified atom stereocenters. The molecule has 0 radical (unpaired) electrons. The molecule has 1 aromatic carbocycles. The maximum atomic E-state index is 4.65. The number of rotatable bonds is 3. The number of imidazole rings is 1. The second-order valence-corrected chi connectivity index (χ2v) is 5.33. The van der Waals surface area contributed by atoms with Crippen LogP contribution < -0.4 is 5.32 Å². The first kappa shape index (κ1) is 12.1. The third-order valence-electron chi connectivity index (χ3n) is 3.05. The van der Waals surface area contributed by atoms with Gasteiger partial charge in [0.25, 0.3) is 0 Å². The topological polar surface area (TPSA) is 55.6 Å². The number of benzene rings is 1. The van der Waals surface area contributed by atoms with Gasteiger partial charge in [0.1, 0.15) is 11.6 Å². The molecule has 2 heterocycles. The number of nitrogens with one attached hydrogen (secondary N) is 1. The fourth-order valence-corrected chi connectivity index (χ4v) is 2.61. The highest BCUT2D eigenvalue weighted by molar-refractivity contribution is 7.09. The highest BCUT2D eigenvalue weighted by Crippen LogP contribution is 2.18. The fraction of sp³-hybridized carbons (Fsp3) is 0.308. The van der Waals surface area contributed by atoms with Crippen LogP contribution in [0.4, 0.5) is 5.13 Å². The van der Waals surface area contributed by atoms with Crippen LogP contribution in [0.15, 0.2) is 18.2 Å². The molecule has 1 N–H and O–H groups in total. The molecule has 0 saturated carbocycles. The minimum absolute atomic E-state index is 0.652. The molecule has 6 heteroatoms. The number of nitrogens with zero attached hydrogens (tertiary/aromatic N) is 4. The number of hydrogen-bond acceptors (Lipinski definition) is 5. The molecular weight excluding hydrogens is 258 g/mol. The average molecular weight is 273 g/mol. The Morgan fingerprint density at radius 3 is 2.84 bits per heavy atom. The molecule has 0 atom stereocenters. The molecule has 2 aromatic heterocycles. The molecule has 0 fully saturated rings. The van der Waals surface area contributed by atoms with Gasteiger partial charge in [-0.3, -0.25) is 0 Å². The van der Waals surface area contributed by atoms with E-state index in [0.29, 0.717) is 6.54 Å². The second-order valence-electron chi connectivity index (χ2n) is 4.58. The monoisotopic (exact) mass is 273 g/mol. The zero-order valence-electron chi connectivity index (χ0n) is 11.1. The first-order valence-electron chi connectivity index (χ1n) is 6.09. The maximum Gasteiger partial charge on any atom is 0.202 e. The van der Waals surface area contributed by atoms with Crippen LogP contribution in [-0.4, -0.2) is 18.9 Å². The van der Waals surface area contributed by atoms with Gasteiger partial charge in [-0.25, -0.2) is 9.97 Å². The van der Waals surface area contributed by atoms with E-state index in [4.69, 9.17) is 0 Å². The Labute approximate surface area is 115 Å². The summed E-state index contributed by atoms with van der Waals surface area (Å²) in [5.41, 5.74) is 3.41. The van der Waals surface area contributed by atoms with Gasteiger partial charge >= 0.3 is 0 Å². The van der Waals surface area contributed by atoms with Crippen LogP contribution in [0.1, 0.15) is 17.2 Å². The summed E-state index contributed by atoms with van der Waals surface area (Å²) in [7, 11) is 2.03. The summed E-state index contributed by atoms with van der Waals surface area (Å²) >= 11 is 1.37. The fourth-order valence-electron chi connectivity index (χ4n) is 2.04. The zero-order valence-corrected chi connectivity index (χ0v) is 12.0. The van der Waals surface area contributed by atoms with Crippen molar-refractivity contribution in [1.82, 2.24) is 18.9 Å². The molecule has 0 aliphatic carbocycles. The molecule has 0 bridgehead atoms. The molecule has 0 aliphatic heterocycles. The number of aromatic nitrogens is 4. The van der Waals surface area contributed by atoms with E-state index in [2.05, 4.69) is 49.3 Å². The summed E-state index contributed by atoms with van der Waals surface area (Å²) in [4.78, 5) is 8.93. The molecule has 19 heavy (non-hydrogen) atoms. The Morgan fingerprint density at radius 1 is 1.26 bits per heavy atom. The Bertz CT molecular complexity index is 728. The van der Waals surface area contributed by atoms with E-state index in [1.54, 1.807) is 0 Å². The molecule has 0 spiro atoms.